The van der Waals surface area contributed by atoms with Crippen molar-refractivity contribution >= 4 is 16.8 Å². The summed E-state index contributed by atoms with van der Waals surface area (Å²) < 4.78 is 0. The van der Waals surface area contributed by atoms with Crippen LogP contribution in [0.1, 0.15) is 47.3 Å². The Bertz CT molecular complexity index is 960. The number of amides is 1. The Morgan fingerprint density at radius 1 is 1.16 bits per heavy atom. The van der Waals surface area contributed by atoms with E-state index in [1.807, 2.05) is 24.3 Å². The lowest BCUT2D eigenvalue weighted by molar-refractivity contribution is 0.0894. The number of fused-ring (bicyclic) bond motifs is 1. The molecule has 0 saturated heterocycles. The molecule has 2 N–H and O–H groups in total. The second-order valence-corrected chi connectivity index (χ2v) is 6.54. The topological polar surface area (TPSA) is 68.7 Å². The van der Waals surface area contributed by atoms with Crippen molar-refractivity contribution < 1.29 is 4.79 Å². The lowest BCUT2D eigenvalue weighted by atomic mass is 9.88. The number of carbonyl (C=O) groups is 1. The highest BCUT2D eigenvalue weighted by molar-refractivity contribution is 5.98. The van der Waals surface area contributed by atoms with E-state index >= 15 is 0 Å². The van der Waals surface area contributed by atoms with E-state index in [1.54, 1.807) is 12.1 Å². The summed E-state index contributed by atoms with van der Waals surface area (Å²) in [6.45, 7) is 0. The maximum Gasteiger partial charge on any atom is 0.268 e. The molecular formula is C21H17N3O. The Balaban J connectivity index is 1.65. The SMILES string of the molecule is N#Cc1c#cc2[nH]c(C(=O)NC3(c4ccccc4)CCCC3)cc2c1. The van der Waals surface area contributed by atoms with Crippen LogP contribution in [0.3, 0.4) is 0 Å². The zero-order valence-electron chi connectivity index (χ0n) is 13.7. The van der Waals surface area contributed by atoms with Crippen LogP contribution in [0.4, 0.5) is 0 Å². The molecule has 3 aromatic rings. The van der Waals surface area contributed by atoms with Gasteiger partial charge in [-0.1, -0.05) is 43.2 Å². The first-order valence-corrected chi connectivity index (χ1v) is 8.45. The molecule has 0 radical (unpaired) electrons. The van der Waals surface area contributed by atoms with Crippen LogP contribution in [-0.2, 0) is 5.54 Å². The van der Waals surface area contributed by atoms with E-state index in [0.717, 1.165) is 36.6 Å². The first-order valence-electron chi connectivity index (χ1n) is 8.45. The van der Waals surface area contributed by atoms with Gasteiger partial charge in [0, 0.05) is 5.39 Å². The predicted octanol–water partition coefficient (Wildman–Crippen LogP) is 3.84. The lowest BCUT2D eigenvalue weighted by Crippen LogP contribution is -2.43. The van der Waals surface area contributed by atoms with Gasteiger partial charge in [-0.2, -0.15) is 5.26 Å². The van der Waals surface area contributed by atoms with E-state index in [9.17, 15) is 4.79 Å². The van der Waals surface area contributed by atoms with E-state index in [4.69, 9.17) is 5.26 Å². The highest BCUT2D eigenvalue weighted by Crippen LogP contribution is 2.38. The van der Waals surface area contributed by atoms with Gasteiger partial charge in [-0.3, -0.25) is 4.79 Å². The van der Waals surface area contributed by atoms with Crippen molar-refractivity contribution in [1.29, 1.82) is 5.26 Å². The minimum atomic E-state index is -0.302. The molecule has 2 aromatic carbocycles. The first kappa shape index (κ1) is 15.3. The second-order valence-electron chi connectivity index (χ2n) is 6.54. The van der Waals surface area contributed by atoms with Crippen molar-refractivity contribution in [2.45, 2.75) is 31.2 Å². The number of rotatable bonds is 3. The van der Waals surface area contributed by atoms with Crippen LogP contribution in [0, 0.1) is 23.5 Å². The number of nitrogens with one attached hydrogen (secondary N) is 2. The second kappa shape index (κ2) is 6.00. The smallest absolute Gasteiger partial charge is 0.268 e. The number of benzene rings is 1. The summed E-state index contributed by atoms with van der Waals surface area (Å²) in [5, 5.41) is 13.0. The largest absolute Gasteiger partial charge is 0.344 e. The van der Waals surface area contributed by atoms with Crippen LogP contribution in [0.2, 0.25) is 0 Å². The van der Waals surface area contributed by atoms with Gasteiger partial charge in [-0.05, 0) is 42.7 Å². The van der Waals surface area contributed by atoms with Gasteiger partial charge in [0.05, 0.1) is 11.1 Å². The summed E-state index contributed by atoms with van der Waals surface area (Å²) >= 11 is 0. The van der Waals surface area contributed by atoms with Crippen molar-refractivity contribution in [3.8, 4) is 6.07 Å². The van der Waals surface area contributed by atoms with Crippen LogP contribution in [0.25, 0.3) is 10.9 Å². The number of aromatic nitrogens is 1. The molecule has 0 bridgehead atoms. The van der Waals surface area contributed by atoms with Crippen LogP contribution in [0.15, 0.2) is 42.5 Å². The van der Waals surface area contributed by atoms with Crippen LogP contribution >= 0.6 is 0 Å². The summed E-state index contributed by atoms with van der Waals surface area (Å²) in [7, 11) is 0. The maximum absolute atomic E-state index is 12.9. The van der Waals surface area contributed by atoms with Gasteiger partial charge in [-0.15, -0.1) is 0 Å². The van der Waals surface area contributed by atoms with Gasteiger partial charge in [0.1, 0.15) is 17.3 Å². The quantitative estimate of drug-likeness (QED) is 0.767. The summed E-state index contributed by atoms with van der Waals surface area (Å²) in [6, 6.07) is 21.4. The minimum absolute atomic E-state index is 0.131. The van der Waals surface area contributed by atoms with Crippen molar-refractivity contribution in [2.24, 2.45) is 0 Å². The fourth-order valence-corrected chi connectivity index (χ4v) is 3.70. The maximum atomic E-state index is 12.9. The van der Waals surface area contributed by atoms with Gasteiger partial charge >= 0.3 is 0 Å². The predicted molar refractivity (Wildman–Crippen MR) is 94.7 cm³/mol. The highest BCUT2D eigenvalue weighted by Gasteiger charge is 2.37. The molecule has 1 heterocycles. The average Bonchev–Trinajstić information content (AvgIpc) is 3.29. The number of hydrogen-bond donors (Lipinski definition) is 2. The zero-order chi connectivity index (χ0) is 17.3. The monoisotopic (exact) mass is 327 g/mol. The highest BCUT2D eigenvalue weighted by atomic mass is 16.2. The van der Waals surface area contributed by atoms with E-state index in [-0.39, 0.29) is 11.4 Å². The molecule has 0 atom stereocenters. The van der Waals surface area contributed by atoms with Gasteiger partial charge < -0.3 is 10.3 Å². The van der Waals surface area contributed by atoms with Gasteiger partial charge in [0.2, 0.25) is 0 Å². The Hall–Kier alpha value is -3.24. The zero-order valence-corrected chi connectivity index (χ0v) is 13.7. The first-order chi connectivity index (χ1) is 12.2. The number of aromatic amines is 1. The molecule has 0 spiro atoms. The van der Waals surface area contributed by atoms with Crippen LogP contribution in [-0.4, -0.2) is 10.9 Å². The molecule has 4 nitrogen and oxygen atoms in total. The third-order valence-corrected chi connectivity index (χ3v) is 4.97. The van der Waals surface area contributed by atoms with E-state index in [1.165, 1.54) is 0 Å². The van der Waals surface area contributed by atoms with Gasteiger partial charge in [-0.25, -0.2) is 0 Å². The number of nitriles is 1. The van der Waals surface area contributed by atoms with E-state index in [2.05, 4.69) is 34.6 Å². The number of nitrogens with zero attached hydrogens (tertiary/aromatic N) is 1. The van der Waals surface area contributed by atoms with Crippen LogP contribution < -0.4 is 5.32 Å². The standard InChI is InChI=1S/C21H17N3O/c22-14-15-8-9-18-16(12-15)13-19(23-18)20(25)24-21(10-4-5-11-21)17-6-2-1-3-7-17/h1-3,6-7,12-13,23H,4-5,10-11H2,(H,24,25). The molecule has 122 valence electrons. The summed E-state index contributed by atoms with van der Waals surface area (Å²) in [5.41, 5.74) is 2.43. The third-order valence-electron chi connectivity index (χ3n) is 4.97. The van der Waals surface area contributed by atoms with Gasteiger partial charge in [0.15, 0.2) is 0 Å². The Labute approximate surface area is 146 Å². The molecule has 1 fully saturated rings. The fraction of sp³-hybridized carbons (Fsp3) is 0.238. The van der Waals surface area contributed by atoms with Crippen molar-refractivity contribution in [3.63, 3.8) is 0 Å². The molecule has 1 aliphatic carbocycles. The molecule has 25 heavy (non-hydrogen) atoms. The lowest BCUT2D eigenvalue weighted by Gasteiger charge is -2.31. The molecule has 0 unspecified atom stereocenters. The van der Waals surface area contributed by atoms with Crippen molar-refractivity contribution in [3.05, 3.63) is 71.4 Å². The third kappa shape index (κ3) is 2.73. The summed E-state index contributed by atoms with van der Waals surface area (Å²) in [4.78, 5) is 16.0. The number of hydrogen-bond acceptors (Lipinski definition) is 2. The Kier molecular flexibility index (Phi) is 3.67. The molecule has 1 aliphatic rings. The van der Waals surface area contributed by atoms with Crippen LogP contribution in [0.5, 0.6) is 0 Å². The van der Waals surface area contributed by atoms with E-state index in [0.29, 0.717) is 16.8 Å². The minimum Gasteiger partial charge on any atom is -0.344 e. The summed E-state index contributed by atoms with van der Waals surface area (Å²) in [6.07, 6.45) is 4.11. The number of H-pyrrole nitrogens is 1. The van der Waals surface area contributed by atoms with Crippen molar-refractivity contribution in [1.82, 2.24) is 10.3 Å². The Morgan fingerprint density at radius 3 is 2.64 bits per heavy atom. The van der Waals surface area contributed by atoms with E-state index < -0.39 is 0 Å². The molecule has 4 rings (SSSR count). The average molecular weight is 327 g/mol. The molecule has 0 aliphatic heterocycles. The molecule has 4 heteroatoms. The molecule has 1 aromatic heterocycles. The summed E-state index contributed by atoms with van der Waals surface area (Å²) in [5.74, 6) is -0.131. The molecular weight excluding hydrogens is 310 g/mol. The van der Waals surface area contributed by atoms with Gasteiger partial charge in [0.25, 0.3) is 5.91 Å². The molecule has 1 amide bonds. The molecule has 1 saturated carbocycles. The Morgan fingerprint density at radius 2 is 1.92 bits per heavy atom. The normalized spacial score (nSPS) is 15.5. The number of carbonyl (C=O) groups excluding carboxylic acids is 1. The van der Waals surface area contributed by atoms with Crippen molar-refractivity contribution in [2.75, 3.05) is 0 Å². The fourth-order valence-electron chi connectivity index (χ4n) is 3.70.